The highest BCUT2D eigenvalue weighted by Crippen LogP contribution is 2.33. The molecule has 2 N–H and O–H groups in total. The first kappa shape index (κ1) is 22.2. The van der Waals surface area contributed by atoms with E-state index in [1.165, 1.54) is 14.2 Å². The largest absolute Gasteiger partial charge is 0.493 e. The molecule has 0 amide bonds. The molecule has 9 heteroatoms. The fourth-order valence-corrected chi connectivity index (χ4v) is 3.36. The Bertz CT molecular complexity index is 887. The number of anilines is 1. The Hall–Kier alpha value is -3.07. The van der Waals surface area contributed by atoms with Crippen LogP contribution in [0, 0.1) is 5.92 Å². The van der Waals surface area contributed by atoms with Crippen molar-refractivity contribution in [2.75, 3.05) is 26.6 Å². The number of hydrogen-bond donors (Lipinski definition) is 1. The van der Waals surface area contributed by atoms with Crippen molar-refractivity contribution in [2.24, 2.45) is 5.92 Å². The van der Waals surface area contributed by atoms with Gasteiger partial charge >= 0.3 is 17.9 Å². The highest BCUT2D eigenvalue weighted by Gasteiger charge is 2.28. The molecule has 0 saturated carbocycles. The van der Waals surface area contributed by atoms with Crippen molar-refractivity contribution >= 4 is 34.2 Å². The molecule has 0 aliphatic rings. The van der Waals surface area contributed by atoms with Crippen LogP contribution in [0.25, 0.3) is 0 Å². The lowest BCUT2D eigenvalue weighted by molar-refractivity contribution is 0.0452. The molecule has 8 nitrogen and oxygen atoms in total. The van der Waals surface area contributed by atoms with Crippen LogP contribution >= 0.6 is 11.3 Å². The second kappa shape index (κ2) is 9.92. The van der Waals surface area contributed by atoms with Gasteiger partial charge in [-0.1, -0.05) is 13.8 Å². The number of ether oxygens (including phenoxy) is 4. The maximum Gasteiger partial charge on any atom is 0.348 e. The maximum absolute atomic E-state index is 12.4. The molecule has 0 bridgehead atoms. The molecule has 0 saturated heterocycles. The van der Waals surface area contributed by atoms with Crippen molar-refractivity contribution < 1.29 is 33.3 Å². The van der Waals surface area contributed by atoms with E-state index in [2.05, 4.69) is 0 Å². The summed E-state index contributed by atoms with van der Waals surface area (Å²) in [5.74, 6) is -1.02. The first-order valence-electron chi connectivity index (χ1n) is 8.76. The average Bonchev–Trinajstić information content (AvgIpc) is 3.05. The summed E-state index contributed by atoms with van der Waals surface area (Å²) in [6.45, 7) is 4.30. The molecular weight excluding hydrogens is 398 g/mol. The summed E-state index contributed by atoms with van der Waals surface area (Å²) in [6, 6.07) is 6.48. The normalized spacial score (nSPS) is 10.5. The third-order valence-corrected chi connectivity index (χ3v) is 4.86. The number of thiophene rings is 1. The molecule has 0 aliphatic heterocycles. The molecule has 0 spiro atoms. The second-order valence-corrected chi connectivity index (χ2v) is 7.49. The minimum atomic E-state index is -0.730. The van der Waals surface area contributed by atoms with Crippen molar-refractivity contribution in [3.8, 4) is 5.75 Å². The van der Waals surface area contributed by atoms with Crippen LogP contribution in [0.2, 0.25) is 0 Å². The van der Waals surface area contributed by atoms with Gasteiger partial charge in [0.25, 0.3) is 0 Å². The topological polar surface area (TPSA) is 114 Å². The summed E-state index contributed by atoms with van der Waals surface area (Å²) in [5.41, 5.74) is 6.28. The molecule has 0 unspecified atom stereocenters. The van der Waals surface area contributed by atoms with E-state index in [1.807, 2.05) is 13.8 Å². The highest BCUT2D eigenvalue weighted by atomic mass is 32.1. The van der Waals surface area contributed by atoms with Gasteiger partial charge in [0, 0.05) is 5.56 Å². The Morgan fingerprint density at radius 1 is 1.00 bits per heavy atom. The number of carbonyl (C=O) groups excluding carboxylic acids is 3. The molecule has 0 radical (unpaired) electrons. The quantitative estimate of drug-likeness (QED) is 0.510. The van der Waals surface area contributed by atoms with Crippen molar-refractivity contribution in [2.45, 2.75) is 20.5 Å². The number of hydrogen-bond acceptors (Lipinski definition) is 9. The summed E-state index contributed by atoms with van der Waals surface area (Å²) in [7, 11) is 2.39. The molecular formula is C20H23NO7S. The lowest BCUT2D eigenvalue weighted by atomic mass is 10.1. The number of rotatable bonds is 8. The van der Waals surface area contributed by atoms with Gasteiger partial charge in [-0.25, -0.2) is 14.4 Å². The lowest BCUT2D eigenvalue weighted by Crippen LogP contribution is -2.12. The molecule has 0 fully saturated rings. The number of nitrogen functional groups attached to an aromatic ring is 1. The van der Waals surface area contributed by atoms with Gasteiger partial charge in [-0.3, -0.25) is 0 Å². The van der Waals surface area contributed by atoms with E-state index in [9.17, 15) is 14.4 Å². The van der Waals surface area contributed by atoms with Gasteiger partial charge < -0.3 is 24.7 Å². The Morgan fingerprint density at radius 2 is 1.62 bits per heavy atom. The molecule has 0 aliphatic carbocycles. The zero-order chi connectivity index (χ0) is 21.6. The van der Waals surface area contributed by atoms with Crippen LogP contribution in [0.5, 0.6) is 5.75 Å². The fraction of sp³-hybridized carbons (Fsp3) is 0.350. The van der Waals surface area contributed by atoms with E-state index >= 15 is 0 Å². The van der Waals surface area contributed by atoms with Crippen LogP contribution in [-0.2, 0) is 20.8 Å². The predicted molar refractivity (Wildman–Crippen MR) is 107 cm³/mol. The zero-order valence-corrected chi connectivity index (χ0v) is 17.5. The monoisotopic (exact) mass is 421 g/mol. The SMILES string of the molecule is COC(=O)c1sc(N)c(C(=O)OC)c1COC(=O)c1ccc(OCC(C)C)cc1. The zero-order valence-electron chi connectivity index (χ0n) is 16.6. The maximum atomic E-state index is 12.4. The first-order valence-corrected chi connectivity index (χ1v) is 9.57. The summed E-state index contributed by atoms with van der Waals surface area (Å²) >= 11 is 0.869. The standard InChI is InChI=1S/C20H23NO7S/c1-11(2)9-27-13-7-5-12(6-8-13)18(22)28-10-14-15(19(23)25-3)17(21)29-16(14)20(24)26-4/h5-8,11H,9-10,21H2,1-4H3. The lowest BCUT2D eigenvalue weighted by Gasteiger charge is -2.10. The van der Waals surface area contributed by atoms with Crippen LogP contribution < -0.4 is 10.5 Å². The van der Waals surface area contributed by atoms with Crippen molar-refractivity contribution in [3.63, 3.8) is 0 Å². The first-order chi connectivity index (χ1) is 13.8. The third kappa shape index (κ3) is 5.47. The van der Waals surface area contributed by atoms with Crippen LogP contribution in [0.15, 0.2) is 24.3 Å². The number of methoxy groups -OCH3 is 2. The minimum absolute atomic E-state index is 0.0110. The van der Waals surface area contributed by atoms with Crippen LogP contribution in [0.1, 0.15) is 49.8 Å². The number of carbonyl (C=O) groups is 3. The van der Waals surface area contributed by atoms with Crippen molar-refractivity contribution in [1.29, 1.82) is 0 Å². The molecule has 1 heterocycles. The molecule has 1 aromatic heterocycles. The van der Waals surface area contributed by atoms with Gasteiger partial charge in [0.05, 0.1) is 26.4 Å². The van der Waals surface area contributed by atoms with E-state index in [0.717, 1.165) is 11.3 Å². The summed E-state index contributed by atoms with van der Waals surface area (Å²) < 4.78 is 20.3. The molecule has 2 rings (SSSR count). The minimum Gasteiger partial charge on any atom is -0.493 e. The molecule has 2 aromatic rings. The Labute approximate surface area is 172 Å². The molecule has 0 atom stereocenters. The Morgan fingerprint density at radius 3 is 2.17 bits per heavy atom. The van der Waals surface area contributed by atoms with Gasteiger partial charge in [-0.15, -0.1) is 11.3 Å². The summed E-state index contributed by atoms with van der Waals surface area (Å²) in [6.07, 6.45) is 0. The van der Waals surface area contributed by atoms with Crippen molar-refractivity contribution in [1.82, 2.24) is 0 Å². The van der Waals surface area contributed by atoms with Gasteiger partial charge in [-0.05, 0) is 30.2 Å². The van der Waals surface area contributed by atoms with Gasteiger partial charge in [0.15, 0.2) is 0 Å². The van der Waals surface area contributed by atoms with E-state index in [0.29, 0.717) is 23.8 Å². The number of esters is 3. The summed E-state index contributed by atoms with van der Waals surface area (Å²) in [4.78, 5) is 36.5. The molecule has 156 valence electrons. The Balaban J connectivity index is 2.17. The second-order valence-electron chi connectivity index (χ2n) is 6.44. The predicted octanol–water partition coefficient (Wildman–Crippen LogP) is 3.30. The van der Waals surface area contributed by atoms with Gasteiger partial charge in [-0.2, -0.15) is 0 Å². The van der Waals surface area contributed by atoms with Crippen LogP contribution in [-0.4, -0.2) is 38.7 Å². The van der Waals surface area contributed by atoms with Crippen molar-refractivity contribution in [3.05, 3.63) is 45.8 Å². The summed E-state index contributed by atoms with van der Waals surface area (Å²) in [5, 5.41) is 0.0787. The fourth-order valence-electron chi connectivity index (χ4n) is 2.38. The van der Waals surface area contributed by atoms with E-state index < -0.39 is 17.9 Å². The molecule has 1 aromatic carbocycles. The van der Waals surface area contributed by atoms with Gasteiger partial charge in [0.1, 0.15) is 27.8 Å². The number of benzene rings is 1. The molecule has 29 heavy (non-hydrogen) atoms. The number of nitrogens with two attached hydrogens (primary N) is 1. The van der Waals surface area contributed by atoms with E-state index in [-0.39, 0.29) is 27.6 Å². The highest BCUT2D eigenvalue weighted by molar-refractivity contribution is 7.18. The third-order valence-electron chi connectivity index (χ3n) is 3.82. The van der Waals surface area contributed by atoms with Gasteiger partial charge in [0.2, 0.25) is 0 Å². The van der Waals surface area contributed by atoms with Crippen LogP contribution in [0.3, 0.4) is 0 Å². The van der Waals surface area contributed by atoms with E-state index in [4.69, 9.17) is 24.7 Å². The smallest absolute Gasteiger partial charge is 0.348 e. The average molecular weight is 421 g/mol. The van der Waals surface area contributed by atoms with E-state index in [1.54, 1.807) is 24.3 Å². The Kier molecular flexibility index (Phi) is 7.60. The van der Waals surface area contributed by atoms with Crippen LogP contribution in [0.4, 0.5) is 5.00 Å².